The van der Waals surface area contributed by atoms with E-state index in [0.717, 1.165) is 17.6 Å². The summed E-state index contributed by atoms with van der Waals surface area (Å²) in [5.41, 5.74) is 1.57. The Hall–Kier alpha value is -1.22. The summed E-state index contributed by atoms with van der Waals surface area (Å²) in [5.74, 6) is 0. The van der Waals surface area contributed by atoms with Crippen LogP contribution >= 0.6 is 11.3 Å². The molecule has 0 spiro atoms. The molecule has 0 fully saturated rings. The fourth-order valence-electron chi connectivity index (χ4n) is 1.86. The molecular weight excluding hydrogens is 320 g/mol. The van der Waals surface area contributed by atoms with Crippen molar-refractivity contribution in [3.05, 3.63) is 35.2 Å². The molecule has 0 aliphatic carbocycles. The molecule has 0 amide bonds. The minimum Gasteiger partial charge on any atom is -0.281 e. The summed E-state index contributed by atoms with van der Waals surface area (Å²) in [6, 6.07) is 6.03. The van der Waals surface area contributed by atoms with E-state index in [9.17, 15) is 21.4 Å². The smallest absolute Gasteiger partial charge is 0.281 e. The van der Waals surface area contributed by atoms with Crippen LogP contribution in [0.1, 0.15) is 5.56 Å². The zero-order valence-corrected chi connectivity index (χ0v) is 13.1. The van der Waals surface area contributed by atoms with Crippen LogP contribution in [0, 0.1) is 6.92 Å². The molecule has 1 N–H and O–H groups in total. The van der Waals surface area contributed by atoms with Crippen LogP contribution in [0.2, 0.25) is 0 Å². The molecule has 20 heavy (non-hydrogen) atoms. The van der Waals surface area contributed by atoms with Gasteiger partial charge in [-0.3, -0.25) is 4.55 Å². The third kappa shape index (κ3) is 2.93. The molecule has 0 unspecified atom stereocenters. The third-order valence-electron chi connectivity index (χ3n) is 2.78. The van der Waals surface area contributed by atoms with E-state index in [-0.39, 0.29) is 9.10 Å². The topological polar surface area (TPSA) is 88.5 Å². The lowest BCUT2D eigenvalue weighted by Gasteiger charge is -2.08. The maximum Gasteiger partial charge on any atom is 0.304 e. The van der Waals surface area contributed by atoms with Crippen LogP contribution in [0.15, 0.2) is 38.8 Å². The molecule has 0 aliphatic heterocycles. The van der Waals surface area contributed by atoms with Gasteiger partial charge in [-0.2, -0.15) is 8.42 Å². The maximum atomic E-state index is 11.5. The van der Waals surface area contributed by atoms with Gasteiger partial charge in [0.1, 0.15) is 0 Å². The van der Waals surface area contributed by atoms with Crippen LogP contribution < -0.4 is 0 Å². The molecule has 1 aromatic carbocycles. The molecule has 1 heterocycles. The van der Waals surface area contributed by atoms with Gasteiger partial charge < -0.3 is 0 Å². The second kappa shape index (κ2) is 4.96. The van der Waals surface area contributed by atoms with E-state index in [0.29, 0.717) is 16.7 Å². The van der Waals surface area contributed by atoms with Gasteiger partial charge in [-0.1, -0.05) is 6.07 Å². The van der Waals surface area contributed by atoms with Crippen molar-refractivity contribution in [3.8, 4) is 11.1 Å². The van der Waals surface area contributed by atoms with Crippen LogP contribution in [0.25, 0.3) is 11.1 Å². The Morgan fingerprint density at radius 1 is 1.05 bits per heavy atom. The summed E-state index contributed by atoms with van der Waals surface area (Å²) in [4.78, 5) is 0.169. The lowest BCUT2D eigenvalue weighted by atomic mass is 10.0. The number of rotatable bonds is 3. The molecule has 0 saturated carbocycles. The standard InChI is InChI=1S/C12H12O5S3/c1-8-7-9(19(2,13)14)3-4-10(8)11-5-6-18-12(11)20(15,16)17/h3-7H,1-2H3,(H,15,16,17). The number of aryl methyl sites for hydroxylation is 1. The van der Waals surface area contributed by atoms with Gasteiger partial charge in [0.15, 0.2) is 14.0 Å². The number of hydrogen-bond acceptors (Lipinski definition) is 5. The van der Waals surface area contributed by atoms with Crippen LogP contribution in [0.5, 0.6) is 0 Å². The van der Waals surface area contributed by atoms with Crippen molar-refractivity contribution in [2.45, 2.75) is 16.0 Å². The molecule has 0 radical (unpaired) electrons. The molecule has 1 aromatic heterocycles. The number of hydrogen-bond donors (Lipinski definition) is 1. The molecule has 0 bridgehead atoms. The van der Waals surface area contributed by atoms with Crippen molar-refractivity contribution < 1.29 is 21.4 Å². The minimum atomic E-state index is -4.29. The average molecular weight is 332 g/mol. The van der Waals surface area contributed by atoms with Crippen LogP contribution in [0.3, 0.4) is 0 Å². The van der Waals surface area contributed by atoms with E-state index < -0.39 is 20.0 Å². The number of thiophene rings is 1. The third-order valence-corrected chi connectivity index (χ3v) is 6.21. The molecule has 8 heteroatoms. The van der Waals surface area contributed by atoms with Gasteiger partial charge in [-0.25, -0.2) is 8.42 Å². The van der Waals surface area contributed by atoms with Gasteiger partial charge in [0, 0.05) is 11.8 Å². The fourth-order valence-corrected chi connectivity index (χ4v) is 4.31. The van der Waals surface area contributed by atoms with Crippen molar-refractivity contribution in [2.75, 3.05) is 6.26 Å². The van der Waals surface area contributed by atoms with Gasteiger partial charge in [-0.15, -0.1) is 11.3 Å². The molecule has 0 atom stereocenters. The Morgan fingerprint density at radius 3 is 2.20 bits per heavy atom. The Morgan fingerprint density at radius 2 is 1.70 bits per heavy atom. The van der Waals surface area contributed by atoms with E-state index in [1.807, 2.05) is 0 Å². The van der Waals surface area contributed by atoms with Crippen molar-refractivity contribution in [3.63, 3.8) is 0 Å². The summed E-state index contributed by atoms with van der Waals surface area (Å²) < 4.78 is 54.6. The lowest BCUT2D eigenvalue weighted by molar-refractivity contribution is 0.486. The highest BCUT2D eigenvalue weighted by molar-refractivity contribution is 7.90. The van der Waals surface area contributed by atoms with Crippen molar-refractivity contribution in [2.24, 2.45) is 0 Å². The first-order chi connectivity index (χ1) is 9.10. The van der Waals surface area contributed by atoms with Crippen LogP contribution in [-0.2, 0) is 20.0 Å². The summed E-state index contributed by atoms with van der Waals surface area (Å²) in [7, 11) is -7.61. The lowest BCUT2D eigenvalue weighted by Crippen LogP contribution is -2.00. The first-order valence-electron chi connectivity index (χ1n) is 5.47. The molecule has 0 saturated heterocycles. The van der Waals surface area contributed by atoms with Crippen molar-refractivity contribution in [1.29, 1.82) is 0 Å². The quantitative estimate of drug-likeness (QED) is 0.872. The van der Waals surface area contributed by atoms with E-state index >= 15 is 0 Å². The number of benzene rings is 1. The Bertz CT molecular complexity index is 860. The normalized spacial score (nSPS) is 12.6. The largest absolute Gasteiger partial charge is 0.304 e. The first-order valence-corrected chi connectivity index (χ1v) is 9.68. The molecule has 2 aromatic rings. The van der Waals surface area contributed by atoms with Crippen LogP contribution in [-0.4, -0.2) is 27.6 Å². The molecule has 108 valence electrons. The van der Waals surface area contributed by atoms with E-state index in [1.165, 1.54) is 12.1 Å². The minimum absolute atomic E-state index is 0.146. The second-order valence-electron chi connectivity index (χ2n) is 4.35. The Balaban J connectivity index is 2.65. The van der Waals surface area contributed by atoms with E-state index in [2.05, 4.69) is 0 Å². The summed E-state index contributed by atoms with van der Waals surface area (Å²) in [5, 5.41) is 1.56. The summed E-state index contributed by atoms with van der Waals surface area (Å²) in [6.45, 7) is 1.69. The van der Waals surface area contributed by atoms with Gasteiger partial charge in [-0.05, 0) is 41.6 Å². The summed E-state index contributed by atoms with van der Waals surface area (Å²) >= 11 is 0.914. The van der Waals surface area contributed by atoms with Gasteiger partial charge in [0.25, 0.3) is 0 Å². The monoisotopic (exact) mass is 332 g/mol. The maximum absolute atomic E-state index is 11.5. The molecule has 2 rings (SSSR count). The Labute approximate surface area is 121 Å². The predicted octanol–water partition coefficient (Wildman–Crippen LogP) is 2.37. The van der Waals surface area contributed by atoms with Gasteiger partial charge in [0.2, 0.25) is 0 Å². The van der Waals surface area contributed by atoms with Crippen molar-refractivity contribution >= 4 is 31.3 Å². The highest BCUT2D eigenvalue weighted by Crippen LogP contribution is 2.34. The van der Waals surface area contributed by atoms with Gasteiger partial charge in [0.05, 0.1) is 4.90 Å². The van der Waals surface area contributed by atoms with Crippen LogP contribution in [0.4, 0.5) is 0 Å². The van der Waals surface area contributed by atoms with Crippen molar-refractivity contribution in [1.82, 2.24) is 0 Å². The van der Waals surface area contributed by atoms with E-state index in [4.69, 9.17) is 0 Å². The molecule has 0 aliphatic rings. The molecular formula is C12H12O5S3. The second-order valence-corrected chi connectivity index (χ2v) is 8.89. The summed E-state index contributed by atoms with van der Waals surface area (Å²) in [6.07, 6.45) is 1.11. The SMILES string of the molecule is Cc1cc(S(C)(=O)=O)ccc1-c1ccsc1S(=O)(=O)O. The van der Waals surface area contributed by atoms with Gasteiger partial charge >= 0.3 is 10.1 Å². The average Bonchev–Trinajstić information content (AvgIpc) is 2.75. The Kier molecular flexibility index (Phi) is 3.76. The zero-order valence-electron chi connectivity index (χ0n) is 10.7. The first kappa shape index (κ1) is 15.2. The zero-order chi connectivity index (χ0) is 15.1. The van der Waals surface area contributed by atoms with E-state index in [1.54, 1.807) is 24.4 Å². The fraction of sp³-hybridized carbons (Fsp3) is 0.167. The number of sulfone groups is 1. The highest BCUT2D eigenvalue weighted by atomic mass is 32.3. The molecule has 5 nitrogen and oxygen atoms in total. The predicted molar refractivity (Wildman–Crippen MR) is 77.4 cm³/mol. The highest BCUT2D eigenvalue weighted by Gasteiger charge is 2.20.